The molecule has 0 saturated heterocycles. The van der Waals surface area contributed by atoms with Crippen LogP contribution in [0.2, 0.25) is 0 Å². The van der Waals surface area contributed by atoms with Crippen molar-refractivity contribution in [2.45, 2.75) is 6.04 Å². The summed E-state index contributed by atoms with van der Waals surface area (Å²) < 4.78 is 29.8. The SMILES string of the molecule is COc1cc(F)cc([C@H](N)CF)c1O.Cl. The summed E-state index contributed by atoms with van der Waals surface area (Å²) in [6.45, 7) is -0.875. The van der Waals surface area contributed by atoms with Crippen molar-refractivity contribution in [3.05, 3.63) is 23.5 Å². The predicted molar refractivity (Wildman–Crippen MR) is 54.8 cm³/mol. The smallest absolute Gasteiger partial charge is 0.163 e. The number of halogens is 3. The van der Waals surface area contributed by atoms with E-state index in [1.165, 1.54) is 7.11 Å². The molecule has 1 atom stereocenters. The van der Waals surface area contributed by atoms with Crippen LogP contribution in [0, 0.1) is 5.82 Å². The normalized spacial score (nSPS) is 11.7. The Labute approximate surface area is 92.3 Å². The lowest BCUT2D eigenvalue weighted by molar-refractivity contribution is 0.358. The first-order valence-corrected chi connectivity index (χ1v) is 3.98. The molecule has 6 heteroatoms. The van der Waals surface area contributed by atoms with Crippen LogP contribution in [0.1, 0.15) is 11.6 Å². The van der Waals surface area contributed by atoms with Gasteiger partial charge in [-0.15, -0.1) is 12.4 Å². The Hall–Kier alpha value is -1.07. The van der Waals surface area contributed by atoms with Gasteiger partial charge in [0.1, 0.15) is 12.5 Å². The molecule has 1 aromatic rings. The number of nitrogens with two attached hydrogens (primary N) is 1. The summed E-state index contributed by atoms with van der Waals surface area (Å²) in [6, 6.07) is 0.950. The maximum absolute atomic E-state index is 12.9. The Kier molecular flexibility index (Phi) is 5.32. The number of rotatable bonds is 3. The van der Waals surface area contributed by atoms with Crippen molar-refractivity contribution < 1.29 is 18.6 Å². The van der Waals surface area contributed by atoms with Gasteiger partial charge in [-0.25, -0.2) is 8.78 Å². The number of ether oxygens (including phenoxy) is 1. The van der Waals surface area contributed by atoms with Crippen molar-refractivity contribution in [2.24, 2.45) is 5.73 Å². The van der Waals surface area contributed by atoms with Crippen LogP contribution in [0.25, 0.3) is 0 Å². The predicted octanol–water partition coefficient (Wildman–Crippen LogP) is 1.93. The van der Waals surface area contributed by atoms with E-state index < -0.39 is 18.5 Å². The maximum atomic E-state index is 12.9. The molecule has 0 aliphatic carbocycles. The van der Waals surface area contributed by atoms with E-state index in [4.69, 9.17) is 10.5 Å². The quantitative estimate of drug-likeness (QED) is 0.848. The molecule has 0 unspecified atom stereocenters. The van der Waals surface area contributed by atoms with Gasteiger partial charge in [0.15, 0.2) is 11.5 Å². The van der Waals surface area contributed by atoms with Gasteiger partial charge in [0.2, 0.25) is 0 Å². The Morgan fingerprint density at radius 1 is 1.53 bits per heavy atom. The molecule has 3 N–H and O–H groups in total. The molecule has 0 fully saturated rings. The molecule has 1 rings (SSSR count). The molecule has 0 aliphatic rings. The van der Waals surface area contributed by atoms with Gasteiger partial charge < -0.3 is 15.6 Å². The molecule has 0 bridgehead atoms. The molecular formula is C9H12ClF2NO2. The van der Waals surface area contributed by atoms with Crippen LogP contribution in [0.4, 0.5) is 8.78 Å². The summed E-state index contributed by atoms with van der Waals surface area (Å²) in [4.78, 5) is 0. The molecule has 0 aliphatic heterocycles. The summed E-state index contributed by atoms with van der Waals surface area (Å²) in [5.41, 5.74) is 5.33. The zero-order valence-electron chi connectivity index (χ0n) is 8.04. The fourth-order valence-electron chi connectivity index (χ4n) is 1.12. The fourth-order valence-corrected chi connectivity index (χ4v) is 1.12. The molecule has 0 spiro atoms. The first-order chi connectivity index (χ1) is 6.60. The highest BCUT2D eigenvalue weighted by atomic mass is 35.5. The lowest BCUT2D eigenvalue weighted by Gasteiger charge is -2.12. The molecule has 0 heterocycles. The second-order valence-electron chi connectivity index (χ2n) is 2.81. The molecule has 0 aromatic heterocycles. The van der Waals surface area contributed by atoms with Crippen LogP contribution in [0.5, 0.6) is 11.5 Å². The van der Waals surface area contributed by atoms with E-state index in [1.54, 1.807) is 0 Å². The van der Waals surface area contributed by atoms with Gasteiger partial charge in [-0.3, -0.25) is 0 Å². The van der Waals surface area contributed by atoms with Gasteiger partial charge in [-0.2, -0.15) is 0 Å². The molecule has 0 amide bonds. The van der Waals surface area contributed by atoms with E-state index >= 15 is 0 Å². The van der Waals surface area contributed by atoms with Crippen LogP contribution < -0.4 is 10.5 Å². The van der Waals surface area contributed by atoms with Crippen molar-refractivity contribution in [1.82, 2.24) is 0 Å². The number of phenolic OH excluding ortho intramolecular Hbond substituents is 1. The average Bonchev–Trinajstić information content (AvgIpc) is 2.19. The highest BCUT2D eigenvalue weighted by Crippen LogP contribution is 2.33. The summed E-state index contributed by atoms with van der Waals surface area (Å²) in [7, 11) is 1.28. The maximum Gasteiger partial charge on any atom is 0.163 e. The molecule has 0 saturated carbocycles. The Morgan fingerprint density at radius 2 is 2.13 bits per heavy atom. The van der Waals surface area contributed by atoms with Gasteiger partial charge in [0, 0.05) is 11.6 Å². The molecule has 86 valence electrons. The minimum atomic E-state index is -1.04. The third kappa shape index (κ3) is 2.94. The van der Waals surface area contributed by atoms with E-state index in [-0.39, 0.29) is 29.5 Å². The van der Waals surface area contributed by atoms with Crippen molar-refractivity contribution >= 4 is 12.4 Å². The number of benzene rings is 1. The second kappa shape index (κ2) is 5.72. The largest absolute Gasteiger partial charge is 0.504 e. The molecular weight excluding hydrogens is 228 g/mol. The van der Waals surface area contributed by atoms with Crippen molar-refractivity contribution in [1.29, 1.82) is 0 Å². The van der Waals surface area contributed by atoms with Gasteiger partial charge in [0.05, 0.1) is 13.2 Å². The lowest BCUT2D eigenvalue weighted by Crippen LogP contribution is -2.13. The van der Waals surface area contributed by atoms with Crippen molar-refractivity contribution in [3.8, 4) is 11.5 Å². The van der Waals surface area contributed by atoms with Gasteiger partial charge >= 0.3 is 0 Å². The standard InChI is InChI=1S/C9H11F2NO2.ClH/c1-14-8-3-5(11)2-6(9(8)13)7(12)4-10;/h2-3,7,13H,4,12H2,1H3;1H/t7-;/m1./s1. The van der Waals surface area contributed by atoms with Crippen molar-refractivity contribution in [2.75, 3.05) is 13.8 Å². The van der Waals surface area contributed by atoms with Crippen LogP contribution in [-0.2, 0) is 0 Å². The molecule has 15 heavy (non-hydrogen) atoms. The summed E-state index contributed by atoms with van der Waals surface area (Å²) in [5.74, 6) is -0.999. The third-order valence-electron chi connectivity index (χ3n) is 1.85. The number of methoxy groups -OCH3 is 1. The van der Waals surface area contributed by atoms with Crippen LogP contribution >= 0.6 is 12.4 Å². The van der Waals surface area contributed by atoms with E-state index in [0.29, 0.717) is 0 Å². The molecule has 3 nitrogen and oxygen atoms in total. The second-order valence-corrected chi connectivity index (χ2v) is 2.81. The van der Waals surface area contributed by atoms with Gasteiger partial charge in [-0.1, -0.05) is 0 Å². The zero-order valence-corrected chi connectivity index (χ0v) is 8.85. The number of aromatic hydroxyl groups is 1. The summed E-state index contributed by atoms with van der Waals surface area (Å²) >= 11 is 0. The highest BCUT2D eigenvalue weighted by molar-refractivity contribution is 5.85. The van der Waals surface area contributed by atoms with Gasteiger partial charge in [0.25, 0.3) is 0 Å². The number of phenols is 1. The Bertz CT molecular complexity index is 336. The van der Waals surface area contributed by atoms with Crippen LogP contribution in [-0.4, -0.2) is 18.9 Å². The zero-order chi connectivity index (χ0) is 10.7. The Morgan fingerprint density at radius 3 is 2.60 bits per heavy atom. The summed E-state index contributed by atoms with van der Waals surface area (Å²) in [5, 5.41) is 9.48. The third-order valence-corrected chi connectivity index (χ3v) is 1.85. The molecule has 0 radical (unpaired) electrons. The number of hydrogen-bond donors (Lipinski definition) is 2. The average molecular weight is 240 g/mol. The van der Waals surface area contributed by atoms with E-state index in [1.807, 2.05) is 0 Å². The fraction of sp³-hybridized carbons (Fsp3) is 0.333. The van der Waals surface area contributed by atoms with Gasteiger partial charge in [-0.05, 0) is 6.07 Å². The van der Waals surface area contributed by atoms with Crippen LogP contribution in [0.15, 0.2) is 12.1 Å². The van der Waals surface area contributed by atoms with E-state index in [9.17, 15) is 13.9 Å². The minimum absolute atomic E-state index is 0. The van der Waals surface area contributed by atoms with E-state index in [0.717, 1.165) is 12.1 Å². The lowest BCUT2D eigenvalue weighted by atomic mass is 10.1. The minimum Gasteiger partial charge on any atom is -0.504 e. The van der Waals surface area contributed by atoms with Crippen molar-refractivity contribution in [3.63, 3.8) is 0 Å². The Balaban J connectivity index is 0.00000196. The van der Waals surface area contributed by atoms with E-state index in [2.05, 4.69) is 0 Å². The monoisotopic (exact) mass is 239 g/mol. The first-order valence-electron chi connectivity index (χ1n) is 3.98. The van der Waals surface area contributed by atoms with Crippen LogP contribution in [0.3, 0.4) is 0 Å². The topological polar surface area (TPSA) is 55.5 Å². The number of alkyl halides is 1. The number of hydrogen-bond acceptors (Lipinski definition) is 3. The summed E-state index contributed by atoms with van der Waals surface area (Å²) in [6.07, 6.45) is 0. The highest BCUT2D eigenvalue weighted by Gasteiger charge is 2.16. The first kappa shape index (κ1) is 13.9. The molecule has 1 aromatic carbocycles.